The van der Waals surface area contributed by atoms with Gasteiger partial charge in [-0.05, 0) is 69.7 Å². The molecular formula is C25H27NO6S2. The second kappa shape index (κ2) is 9.69. The van der Waals surface area contributed by atoms with E-state index >= 15 is 0 Å². The highest BCUT2D eigenvalue weighted by atomic mass is 32.3. The van der Waals surface area contributed by atoms with Crippen LogP contribution in [0.15, 0.2) is 94.7 Å². The number of esters is 1. The van der Waals surface area contributed by atoms with E-state index in [4.69, 9.17) is 4.74 Å². The Morgan fingerprint density at radius 3 is 1.53 bits per heavy atom. The predicted octanol–water partition coefficient (Wildman–Crippen LogP) is 4.78. The number of sulfonamides is 2. The molecule has 0 amide bonds. The molecule has 0 aromatic heterocycles. The van der Waals surface area contributed by atoms with Crippen LogP contribution in [0.1, 0.15) is 39.3 Å². The molecule has 1 atom stereocenters. The summed E-state index contributed by atoms with van der Waals surface area (Å²) in [4.78, 5) is 11.9. The second-order valence-corrected chi connectivity index (χ2v) is 12.6. The zero-order chi connectivity index (χ0) is 25.1. The van der Waals surface area contributed by atoms with Crippen LogP contribution in [0.2, 0.25) is 0 Å². The summed E-state index contributed by atoms with van der Waals surface area (Å²) < 4.78 is 60.2. The van der Waals surface area contributed by atoms with Crippen LogP contribution in [0, 0.1) is 5.41 Å². The summed E-state index contributed by atoms with van der Waals surface area (Å²) in [6, 6.07) is 19.9. The summed E-state index contributed by atoms with van der Waals surface area (Å²) in [7, 11) is -8.89. The summed E-state index contributed by atoms with van der Waals surface area (Å²) in [5, 5.41) is 0. The van der Waals surface area contributed by atoms with E-state index in [0.29, 0.717) is 9.27 Å². The molecule has 0 heterocycles. The van der Waals surface area contributed by atoms with E-state index in [1.807, 2.05) is 0 Å². The van der Waals surface area contributed by atoms with Crippen molar-refractivity contribution in [2.24, 2.45) is 5.41 Å². The molecule has 3 aromatic rings. The number of benzene rings is 3. The lowest BCUT2D eigenvalue weighted by Crippen LogP contribution is -2.39. The number of carbonyl (C=O) groups excluding carboxylic acids is 1. The molecule has 7 nitrogen and oxygen atoms in total. The van der Waals surface area contributed by atoms with Crippen molar-refractivity contribution in [3.63, 3.8) is 0 Å². The van der Waals surface area contributed by atoms with Crippen molar-refractivity contribution in [3.05, 3.63) is 90.5 Å². The first-order valence-corrected chi connectivity index (χ1v) is 13.4. The lowest BCUT2D eigenvalue weighted by atomic mass is 9.97. The number of ether oxygens (including phenoxy) is 1. The first-order chi connectivity index (χ1) is 15.8. The fraction of sp³-hybridized carbons (Fsp3) is 0.240. The molecule has 34 heavy (non-hydrogen) atoms. The monoisotopic (exact) mass is 501 g/mol. The van der Waals surface area contributed by atoms with Gasteiger partial charge < -0.3 is 4.74 Å². The fourth-order valence-electron chi connectivity index (χ4n) is 3.13. The van der Waals surface area contributed by atoms with Crippen LogP contribution in [0.5, 0.6) is 5.75 Å². The maximum atomic E-state index is 13.6. The molecule has 3 rings (SSSR count). The Kier molecular flexibility index (Phi) is 7.30. The molecule has 0 aliphatic rings. The molecule has 0 saturated heterocycles. The summed E-state index contributed by atoms with van der Waals surface area (Å²) >= 11 is 0. The molecule has 0 aliphatic carbocycles. The maximum Gasteiger partial charge on any atom is 0.316 e. The van der Waals surface area contributed by atoms with Gasteiger partial charge in [-0.15, -0.1) is 0 Å². The van der Waals surface area contributed by atoms with Crippen LogP contribution in [-0.2, 0) is 24.8 Å². The van der Waals surface area contributed by atoms with Crippen molar-refractivity contribution >= 4 is 26.0 Å². The van der Waals surface area contributed by atoms with Crippen LogP contribution in [0.3, 0.4) is 0 Å². The summed E-state index contributed by atoms with van der Waals surface area (Å²) in [5.74, 6) is -0.146. The zero-order valence-electron chi connectivity index (χ0n) is 19.4. The van der Waals surface area contributed by atoms with Gasteiger partial charge in [0.1, 0.15) is 5.75 Å². The van der Waals surface area contributed by atoms with Gasteiger partial charge in [-0.3, -0.25) is 4.79 Å². The Labute approximate surface area is 201 Å². The molecule has 9 heteroatoms. The van der Waals surface area contributed by atoms with E-state index in [2.05, 4.69) is 0 Å². The third-order valence-corrected chi connectivity index (χ3v) is 9.55. The first kappa shape index (κ1) is 25.6. The van der Waals surface area contributed by atoms with Gasteiger partial charge >= 0.3 is 5.97 Å². The fourth-order valence-corrected chi connectivity index (χ4v) is 7.18. The average molecular weight is 502 g/mol. The van der Waals surface area contributed by atoms with Crippen LogP contribution < -0.4 is 4.74 Å². The molecule has 0 fully saturated rings. The van der Waals surface area contributed by atoms with Gasteiger partial charge in [0.05, 0.1) is 21.2 Å². The molecule has 0 N–H and O–H groups in total. The standard InChI is InChI=1S/C25H27NO6S2/c1-19(20-15-17-21(18-16-20)32-24(27)25(2,3)4)26(33(28,29)22-11-7-5-8-12-22)34(30,31)23-13-9-6-10-14-23/h5-19H,1-4H3. The highest BCUT2D eigenvalue weighted by molar-refractivity contribution is 8.04. The van der Waals surface area contributed by atoms with Crippen molar-refractivity contribution in [1.82, 2.24) is 3.71 Å². The lowest BCUT2D eigenvalue weighted by molar-refractivity contribution is -0.143. The van der Waals surface area contributed by atoms with Crippen LogP contribution in [0.25, 0.3) is 0 Å². The first-order valence-electron chi connectivity index (χ1n) is 10.6. The van der Waals surface area contributed by atoms with Gasteiger partial charge in [0.2, 0.25) is 0 Å². The number of hydrogen-bond acceptors (Lipinski definition) is 6. The molecule has 1 unspecified atom stereocenters. The van der Waals surface area contributed by atoms with E-state index in [1.165, 1.54) is 67.6 Å². The van der Waals surface area contributed by atoms with E-state index < -0.39 is 37.5 Å². The van der Waals surface area contributed by atoms with E-state index in [1.54, 1.807) is 45.0 Å². The SMILES string of the molecule is CC(c1ccc(OC(=O)C(C)(C)C)cc1)N(S(=O)(=O)c1ccccc1)S(=O)(=O)c1ccccc1. The van der Waals surface area contributed by atoms with Gasteiger partial charge in [-0.1, -0.05) is 52.2 Å². The van der Waals surface area contributed by atoms with Gasteiger partial charge in [0.15, 0.2) is 0 Å². The van der Waals surface area contributed by atoms with Gasteiger partial charge in [-0.2, -0.15) is 0 Å². The normalized spacial score (nSPS) is 13.4. The highest BCUT2D eigenvalue weighted by Gasteiger charge is 2.41. The minimum atomic E-state index is -4.44. The quantitative estimate of drug-likeness (QED) is 0.341. The largest absolute Gasteiger partial charge is 0.426 e. The maximum absolute atomic E-state index is 13.6. The molecule has 0 radical (unpaired) electrons. The molecule has 0 spiro atoms. The lowest BCUT2D eigenvalue weighted by Gasteiger charge is -2.28. The second-order valence-electron chi connectivity index (χ2n) is 8.75. The van der Waals surface area contributed by atoms with E-state index in [-0.39, 0.29) is 15.5 Å². The Bertz CT molecular complexity index is 1280. The Hall–Kier alpha value is -3.01. The average Bonchev–Trinajstić information content (AvgIpc) is 2.80. The molecule has 0 saturated carbocycles. The Morgan fingerprint density at radius 1 is 0.735 bits per heavy atom. The van der Waals surface area contributed by atoms with Crippen molar-refractivity contribution < 1.29 is 26.4 Å². The Balaban J connectivity index is 2.06. The number of nitrogens with zero attached hydrogens (tertiary/aromatic N) is 1. The van der Waals surface area contributed by atoms with E-state index in [0.717, 1.165) is 0 Å². The number of carbonyl (C=O) groups is 1. The molecule has 0 bridgehead atoms. The van der Waals surface area contributed by atoms with Gasteiger partial charge in [-0.25, -0.2) is 16.8 Å². The van der Waals surface area contributed by atoms with Crippen molar-refractivity contribution in [2.45, 2.75) is 43.5 Å². The number of rotatable bonds is 7. The Morgan fingerprint density at radius 2 is 1.15 bits per heavy atom. The topological polar surface area (TPSA) is 97.8 Å². The zero-order valence-corrected chi connectivity index (χ0v) is 21.0. The smallest absolute Gasteiger partial charge is 0.316 e. The van der Waals surface area contributed by atoms with E-state index in [9.17, 15) is 21.6 Å². The molecular weight excluding hydrogens is 474 g/mol. The molecule has 3 aromatic carbocycles. The summed E-state index contributed by atoms with van der Waals surface area (Å²) in [6.45, 7) is 6.68. The minimum absolute atomic E-state index is 0.142. The third kappa shape index (κ3) is 5.38. The molecule has 180 valence electrons. The summed E-state index contributed by atoms with van der Waals surface area (Å²) in [5.41, 5.74) is -0.286. The third-order valence-electron chi connectivity index (χ3n) is 5.06. The summed E-state index contributed by atoms with van der Waals surface area (Å²) in [6.07, 6.45) is 0. The van der Waals surface area contributed by atoms with Crippen molar-refractivity contribution in [2.75, 3.05) is 0 Å². The highest BCUT2D eigenvalue weighted by Crippen LogP contribution is 2.34. The van der Waals surface area contributed by atoms with Crippen molar-refractivity contribution in [1.29, 1.82) is 0 Å². The van der Waals surface area contributed by atoms with Crippen molar-refractivity contribution in [3.8, 4) is 5.75 Å². The predicted molar refractivity (Wildman–Crippen MR) is 129 cm³/mol. The van der Waals surface area contributed by atoms with Gasteiger partial charge in [0, 0.05) is 0 Å². The molecule has 0 aliphatic heterocycles. The minimum Gasteiger partial charge on any atom is -0.426 e. The van der Waals surface area contributed by atoms with Crippen LogP contribution in [0.4, 0.5) is 0 Å². The van der Waals surface area contributed by atoms with Crippen LogP contribution >= 0.6 is 0 Å². The van der Waals surface area contributed by atoms with Gasteiger partial charge in [0.25, 0.3) is 20.0 Å². The number of hydrogen-bond donors (Lipinski definition) is 0. The van der Waals surface area contributed by atoms with Crippen LogP contribution in [-0.4, -0.2) is 26.5 Å².